The smallest absolute Gasteiger partial charge is 0.419 e. The minimum atomic E-state index is -4.67. The molecule has 0 radical (unpaired) electrons. The molecule has 0 saturated heterocycles. The number of para-hydroxylation sites is 1. The zero-order valence-electron chi connectivity index (χ0n) is 16.7. The summed E-state index contributed by atoms with van der Waals surface area (Å²) in [5.41, 5.74) is 5.68. The van der Waals surface area contributed by atoms with Crippen molar-refractivity contribution in [2.24, 2.45) is 5.73 Å². The van der Waals surface area contributed by atoms with Crippen molar-refractivity contribution in [1.29, 1.82) is 0 Å². The van der Waals surface area contributed by atoms with Crippen LogP contribution >= 0.6 is 19.9 Å². The fourth-order valence-corrected chi connectivity index (χ4v) is 4.11. The summed E-state index contributed by atoms with van der Waals surface area (Å²) >= 11 is 0.977. The Morgan fingerprint density at radius 3 is 2.64 bits per heavy atom. The highest BCUT2D eigenvalue weighted by atomic mass is 32.1. The molecule has 1 unspecified atom stereocenters. The quantitative estimate of drug-likeness (QED) is 0.296. The van der Waals surface area contributed by atoms with Crippen LogP contribution in [0.1, 0.15) is 22.4 Å². The largest absolute Gasteiger partial charge is 0.485 e. The SMILES string of the molecule is NC(COP(O)O)c1nnc(-c2ccc(OCc3cc4ccccc4o3)c(C(F)(F)F)c2)s1. The molecule has 2 heterocycles. The Hall–Kier alpha value is -2.60. The second kappa shape index (κ2) is 9.72. The zero-order chi connectivity index (χ0) is 23.6. The van der Waals surface area contributed by atoms with Crippen LogP contribution in [0, 0.1) is 0 Å². The summed E-state index contributed by atoms with van der Waals surface area (Å²) in [5, 5.41) is 9.08. The third-order valence-corrected chi connectivity index (χ3v) is 5.99. The number of ether oxygens (including phenoxy) is 1. The summed E-state index contributed by atoms with van der Waals surface area (Å²) in [6.07, 6.45) is -4.67. The number of rotatable bonds is 8. The van der Waals surface area contributed by atoms with Crippen LogP contribution in [0.4, 0.5) is 13.2 Å². The van der Waals surface area contributed by atoms with E-state index in [1.54, 1.807) is 18.2 Å². The summed E-state index contributed by atoms with van der Waals surface area (Å²) in [6, 6.07) is 11.7. The van der Waals surface area contributed by atoms with Gasteiger partial charge >= 0.3 is 14.8 Å². The van der Waals surface area contributed by atoms with E-state index in [1.165, 1.54) is 12.1 Å². The second-order valence-corrected chi connectivity index (χ2v) is 8.62. The van der Waals surface area contributed by atoms with Crippen LogP contribution in [0.25, 0.3) is 21.5 Å². The average Bonchev–Trinajstić information content (AvgIpc) is 3.42. The third-order valence-electron chi connectivity index (χ3n) is 4.51. The maximum absolute atomic E-state index is 13.7. The minimum Gasteiger partial charge on any atom is -0.485 e. The van der Waals surface area contributed by atoms with Gasteiger partial charge in [0.25, 0.3) is 0 Å². The topological polar surface area (TPSA) is 124 Å². The lowest BCUT2D eigenvalue weighted by molar-refractivity contribution is -0.139. The molecule has 1 atom stereocenters. The Kier molecular flexibility index (Phi) is 6.94. The highest BCUT2D eigenvalue weighted by Gasteiger charge is 2.35. The molecule has 0 aliphatic rings. The number of nitrogens with two attached hydrogens (primary N) is 1. The molecule has 2 aromatic carbocycles. The van der Waals surface area contributed by atoms with Crippen LogP contribution in [0.3, 0.4) is 0 Å². The van der Waals surface area contributed by atoms with Crippen molar-refractivity contribution < 1.29 is 36.6 Å². The van der Waals surface area contributed by atoms with Crippen LogP contribution in [0.15, 0.2) is 52.9 Å². The summed E-state index contributed by atoms with van der Waals surface area (Å²) in [6.45, 7) is -0.400. The van der Waals surface area contributed by atoms with Crippen molar-refractivity contribution in [3.05, 3.63) is 64.9 Å². The fourth-order valence-electron chi connectivity index (χ4n) is 2.99. The number of nitrogens with zero attached hydrogens (tertiary/aromatic N) is 2. The van der Waals surface area contributed by atoms with E-state index in [-0.39, 0.29) is 34.5 Å². The lowest BCUT2D eigenvalue weighted by Crippen LogP contribution is -2.15. The number of halogens is 3. The van der Waals surface area contributed by atoms with Gasteiger partial charge in [0.15, 0.2) is 0 Å². The molecule has 0 bridgehead atoms. The highest BCUT2D eigenvalue weighted by Crippen LogP contribution is 2.40. The summed E-state index contributed by atoms with van der Waals surface area (Å²) in [7, 11) is -2.58. The first-order valence-corrected chi connectivity index (χ1v) is 11.4. The first-order valence-electron chi connectivity index (χ1n) is 9.42. The van der Waals surface area contributed by atoms with Gasteiger partial charge in [0, 0.05) is 10.9 Å². The van der Waals surface area contributed by atoms with Gasteiger partial charge in [0.1, 0.15) is 33.7 Å². The third kappa shape index (κ3) is 5.67. The summed E-state index contributed by atoms with van der Waals surface area (Å²) < 4.78 is 56.9. The number of fused-ring (bicyclic) bond motifs is 1. The molecule has 8 nitrogen and oxygen atoms in total. The van der Waals surface area contributed by atoms with Crippen molar-refractivity contribution in [2.45, 2.75) is 18.8 Å². The van der Waals surface area contributed by atoms with E-state index in [0.717, 1.165) is 22.8 Å². The molecule has 4 N–H and O–H groups in total. The van der Waals surface area contributed by atoms with Crippen LogP contribution < -0.4 is 10.5 Å². The van der Waals surface area contributed by atoms with Crippen LogP contribution in [0.2, 0.25) is 0 Å². The van der Waals surface area contributed by atoms with E-state index in [0.29, 0.717) is 11.3 Å². The van der Waals surface area contributed by atoms with Crippen molar-refractivity contribution in [3.63, 3.8) is 0 Å². The molecule has 0 aliphatic carbocycles. The summed E-state index contributed by atoms with van der Waals surface area (Å²) in [5.74, 6) is 0.0496. The maximum Gasteiger partial charge on any atom is 0.419 e. The van der Waals surface area contributed by atoms with Gasteiger partial charge in [-0.05, 0) is 30.3 Å². The van der Waals surface area contributed by atoms with Crippen LogP contribution in [-0.2, 0) is 17.3 Å². The van der Waals surface area contributed by atoms with E-state index in [9.17, 15) is 13.2 Å². The molecule has 0 amide bonds. The number of benzene rings is 2. The molecule has 0 saturated carbocycles. The van der Waals surface area contributed by atoms with Gasteiger partial charge in [0.05, 0.1) is 18.2 Å². The van der Waals surface area contributed by atoms with E-state index >= 15 is 0 Å². The molecule has 0 fully saturated rings. The van der Waals surface area contributed by atoms with Crippen molar-refractivity contribution in [1.82, 2.24) is 10.2 Å². The molecule has 0 spiro atoms. The molecule has 2 aromatic heterocycles. The average molecular weight is 499 g/mol. The standard InChI is InChI=1S/C20H17F3N3O5PS/c21-20(22,23)14-8-12(18-25-26-19(33-18)15(24)10-30-32(27)28)5-6-17(14)29-9-13-7-11-3-1-2-4-16(11)31-13/h1-8,15,27-28H,9-10,24H2. The van der Waals surface area contributed by atoms with Gasteiger partial charge in [0.2, 0.25) is 0 Å². The van der Waals surface area contributed by atoms with E-state index in [4.69, 9.17) is 24.7 Å². The Balaban J connectivity index is 1.54. The number of hydrogen-bond acceptors (Lipinski definition) is 9. The molecule has 4 aromatic rings. The zero-order valence-corrected chi connectivity index (χ0v) is 18.4. The van der Waals surface area contributed by atoms with Gasteiger partial charge in [-0.1, -0.05) is 29.5 Å². The van der Waals surface area contributed by atoms with E-state index in [2.05, 4.69) is 14.7 Å². The fraction of sp³-hybridized carbons (Fsp3) is 0.200. The monoisotopic (exact) mass is 499 g/mol. The van der Waals surface area contributed by atoms with E-state index in [1.807, 2.05) is 12.1 Å². The first kappa shape index (κ1) is 23.6. The molecule has 33 heavy (non-hydrogen) atoms. The first-order chi connectivity index (χ1) is 15.7. The van der Waals surface area contributed by atoms with Gasteiger partial charge < -0.3 is 29.2 Å². The lowest BCUT2D eigenvalue weighted by Gasteiger charge is -2.14. The number of aromatic nitrogens is 2. The normalized spacial score (nSPS) is 13.1. The van der Waals surface area contributed by atoms with E-state index < -0.39 is 26.4 Å². The Morgan fingerprint density at radius 1 is 1.12 bits per heavy atom. The van der Waals surface area contributed by atoms with Gasteiger partial charge in [-0.25, -0.2) is 0 Å². The van der Waals surface area contributed by atoms with Crippen molar-refractivity contribution >= 4 is 30.9 Å². The Bertz CT molecular complexity index is 1210. The van der Waals surface area contributed by atoms with Gasteiger partial charge in [-0.3, -0.25) is 0 Å². The lowest BCUT2D eigenvalue weighted by atomic mass is 10.1. The predicted molar refractivity (Wildman–Crippen MR) is 115 cm³/mol. The van der Waals surface area contributed by atoms with Gasteiger partial charge in [-0.15, -0.1) is 10.2 Å². The highest BCUT2D eigenvalue weighted by molar-refractivity contribution is 7.39. The second-order valence-electron chi connectivity index (χ2n) is 6.85. The maximum atomic E-state index is 13.7. The van der Waals surface area contributed by atoms with Crippen molar-refractivity contribution in [3.8, 4) is 16.3 Å². The molecular weight excluding hydrogens is 482 g/mol. The van der Waals surface area contributed by atoms with Gasteiger partial charge in [-0.2, -0.15) is 13.2 Å². The molecule has 0 aliphatic heterocycles. The molecule has 13 heteroatoms. The van der Waals surface area contributed by atoms with Crippen LogP contribution in [-0.4, -0.2) is 26.6 Å². The molecule has 4 rings (SSSR count). The number of furan rings is 1. The molecular formula is C20H17F3N3O5PS. The Labute approximate surface area is 190 Å². The predicted octanol–water partition coefficient (Wildman–Crippen LogP) is 4.78. The molecule has 174 valence electrons. The van der Waals surface area contributed by atoms with Crippen LogP contribution in [0.5, 0.6) is 5.75 Å². The minimum absolute atomic E-state index is 0.173. The number of hydrogen-bond donors (Lipinski definition) is 3. The number of alkyl halides is 3. The summed E-state index contributed by atoms with van der Waals surface area (Å²) in [4.78, 5) is 17.6. The Morgan fingerprint density at radius 2 is 1.91 bits per heavy atom. The van der Waals surface area contributed by atoms with Crippen molar-refractivity contribution in [2.75, 3.05) is 6.61 Å².